The van der Waals surface area contributed by atoms with E-state index in [-0.39, 0.29) is 5.91 Å². The number of hydrogen-bond donors (Lipinski definition) is 2. The van der Waals surface area contributed by atoms with E-state index in [0.717, 1.165) is 24.1 Å². The summed E-state index contributed by atoms with van der Waals surface area (Å²) in [6.07, 6.45) is 3.76. The molecule has 88 valence electrons. The first-order valence-electron chi connectivity index (χ1n) is 5.40. The predicted molar refractivity (Wildman–Crippen MR) is 60.5 cm³/mol. The van der Waals surface area contributed by atoms with Gasteiger partial charge < -0.3 is 5.32 Å². The van der Waals surface area contributed by atoms with Gasteiger partial charge in [0.05, 0.1) is 5.02 Å². The Bertz CT molecular complexity index is 531. The van der Waals surface area contributed by atoms with Crippen LogP contribution in [0.3, 0.4) is 0 Å². The SMILES string of the molecule is O=C1NC(=O)[C@@]2(CCCc3ncc(Cl)cc32)N1. The van der Waals surface area contributed by atoms with E-state index in [1.165, 1.54) is 0 Å². The lowest BCUT2D eigenvalue weighted by Crippen LogP contribution is -2.46. The Balaban J connectivity index is 2.19. The Morgan fingerprint density at radius 1 is 1.41 bits per heavy atom. The Labute approximate surface area is 103 Å². The molecular formula is C11H10ClN3O2. The maximum Gasteiger partial charge on any atom is 0.322 e. The van der Waals surface area contributed by atoms with Gasteiger partial charge in [0.15, 0.2) is 0 Å². The molecule has 1 fully saturated rings. The molecule has 0 saturated carbocycles. The van der Waals surface area contributed by atoms with E-state index >= 15 is 0 Å². The molecule has 1 aromatic rings. The maximum absolute atomic E-state index is 12.0. The van der Waals surface area contributed by atoms with Gasteiger partial charge in [-0.05, 0) is 25.3 Å². The Kier molecular flexibility index (Phi) is 2.13. The molecule has 2 N–H and O–H groups in total. The molecule has 1 spiro atoms. The smallest absolute Gasteiger partial charge is 0.319 e. The topological polar surface area (TPSA) is 71.1 Å². The third kappa shape index (κ3) is 1.42. The molecule has 1 aliphatic heterocycles. The number of fused-ring (bicyclic) bond motifs is 2. The van der Waals surface area contributed by atoms with Crippen molar-refractivity contribution >= 4 is 23.5 Å². The summed E-state index contributed by atoms with van der Waals surface area (Å²) in [5, 5.41) is 5.45. The van der Waals surface area contributed by atoms with Crippen LogP contribution >= 0.6 is 11.6 Å². The molecule has 3 amide bonds. The highest BCUT2D eigenvalue weighted by molar-refractivity contribution is 6.30. The molecule has 2 aliphatic rings. The van der Waals surface area contributed by atoms with Gasteiger partial charge in [0.2, 0.25) is 0 Å². The van der Waals surface area contributed by atoms with E-state index in [1.807, 2.05) is 0 Å². The van der Waals surface area contributed by atoms with E-state index in [9.17, 15) is 9.59 Å². The highest BCUT2D eigenvalue weighted by Crippen LogP contribution is 2.37. The van der Waals surface area contributed by atoms with Crippen LogP contribution in [0.2, 0.25) is 5.02 Å². The largest absolute Gasteiger partial charge is 0.322 e. The zero-order valence-electron chi connectivity index (χ0n) is 8.92. The number of amides is 3. The first-order valence-corrected chi connectivity index (χ1v) is 5.78. The fourth-order valence-corrected chi connectivity index (χ4v) is 2.71. The molecule has 1 aromatic heterocycles. The van der Waals surface area contributed by atoms with Crippen molar-refractivity contribution in [1.29, 1.82) is 0 Å². The molecule has 0 aromatic carbocycles. The van der Waals surface area contributed by atoms with Gasteiger partial charge in [-0.2, -0.15) is 0 Å². The minimum atomic E-state index is -0.970. The average molecular weight is 252 g/mol. The minimum Gasteiger partial charge on any atom is -0.319 e. The number of imide groups is 1. The number of halogens is 1. The third-order valence-electron chi connectivity index (χ3n) is 3.30. The number of urea groups is 1. The quantitative estimate of drug-likeness (QED) is 0.679. The number of nitrogens with zero attached hydrogens (tertiary/aromatic N) is 1. The second kappa shape index (κ2) is 3.43. The normalized spacial score (nSPS) is 26.6. The van der Waals surface area contributed by atoms with Crippen LogP contribution < -0.4 is 10.6 Å². The molecule has 17 heavy (non-hydrogen) atoms. The van der Waals surface area contributed by atoms with Crippen molar-refractivity contribution < 1.29 is 9.59 Å². The van der Waals surface area contributed by atoms with Crippen molar-refractivity contribution in [1.82, 2.24) is 15.6 Å². The second-order valence-electron chi connectivity index (χ2n) is 4.31. The monoisotopic (exact) mass is 251 g/mol. The van der Waals surface area contributed by atoms with Crippen molar-refractivity contribution in [2.45, 2.75) is 24.8 Å². The fraction of sp³-hybridized carbons (Fsp3) is 0.364. The van der Waals surface area contributed by atoms with Crippen molar-refractivity contribution in [3.63, 3.8) is 0 Å². The van der Waals surface area contributed by atoms with Crippen LogP contribution in [-0.4, -0.2) is 16.9 Å². The molecule has 1 atom stereocenters. The first kappa shape index (κ1) is 10.5. The standard InChI is InChI=1S/C11H10ClN3O2/c12-6-4-7-8(13-5-6)2-1-3-11(7)9(16)14-10(17)15-11/h4-5H,1-3H2,(H2,14,15,16,17)/t11-/m0/s1. The average Bonchev–Trinajstić information content (AvgIpc) is 2.56. The van der Waals surface area contributed by atoms with Crippen LogP contribution in [0.25, 0.3) is 0 Å². The zero-order chi connectivity index (χ0) is 12.0. The van der Waals surface area contributed by atoms with Gasteiger partial charge in [-0.25, -0.2) is 4.79 Å². The van der Waals surface area contributed by atoms with Crippen LogP contribution in [0, 0.1) is 0 Å². The molecule has 2 heterocycles. The molecule has 0 bridgehead atoms. The molecule has 6 heteroatoms. The predicted octanol–water partition coefficient (Wildman–Crippen LogP) is 1.11. The van der Waals surface area contributed by atoms with E-state index < -0.39 is 11.6 Å². The van der Waals surface area contributed by atoms with Crippen molar-refractivity contribution in [2.75, 3.05) is 0 Å². The second-order valence-corrected chi connectivity index (χ2v) is 4.75. The van der Waals surface area contributed by atoms with E-state index in [2.05, 4.69) is 15.6 Å². The van der Waals surface area contributed by atoms with Crippen molar-refractivity contribution in [2.24, 2.45) is 0 Å². The molecule has 1 saturated heterocycles. The van der Waals surface area contributed by atoms with Crippen LogP contribution in [-0.2, 0) is 16.8 Å². The number of nitrogens with one attached hydrogen (secondary N) is 2. The third-order valence-corrected chi connectivity index (χ3v) is 3.51. The van der Waals surface area contributed by atoms with E-state index in [4.69, 9.17) is 11.6 Å². The lowest BCUT2D eigenvalue weighted by molar-refractivity contribution is -0.124. The number of aryl methyl sites for hydroxylation is 1. The number of rotatable bonds is 0. The van der Waals surface area contributed by atoms with Crippen LogP contribution in [0.15, 0.2) is 12.3 Å². The highest BCUT2D eigenvalue weighted by Gasteiger charge is 2.50. The lowest BCUT2D eigenvalue weighted by atomic mass is 9.78. The summed E-state index contributed by atoms with van der Waals surface area (Å²) >= 11 is 5.92. The van der Waals surface area contributed by atoms with Gasteiger partial charge in [-0.3, -0.25) is 15.1 Å². The van der Waals surface area contributed by atoms with Gasteiger partial charge >= 0.3 is 6.03 Å². The number of carbonyl (C=O) groups is 2. The van der Waals surface area contributed by atoms with Gasteiger partial charge in [-0.15, -0.1) is 0 Å². The number of hydrogen-bond acceptors (Lipinski definition) is 3. The van der Waals surface area contributed by atoms with Gasteiger partial charge in [0, 0.05) is 17.5 Å². The summed E-state index contributed by atoms with van der Waals surface area (Å²) in [6.45, 7) is 0. The van der Waals surface area contributed by atoms with E-state index in [0.29, 0.717) is 11.4 Å². The van der Waals surface area contributed by atoms with Crippen molar-refractivity contribution in [3.05, 3.63) is 28.5 Å². The number of aromatic nitrogens is 1. The number of carbonyl (C=O) groups excluding carboxylic acids is 2. The molecule has 0 radical (unpaired) electrons. The van der Waals surface area contributed by atoms with Crippen molar-refractivity contribution in [3.8, 4) is 0 Å². The summed E-state index contributed by atoms with van der Waals surface area (Å²) in [6, 6.07) is 1.26. The van der Waals surface area contributed by atoms with E-state index in [1.54, 1.807) is 12.3 Å². The molecular weight excluding hydrogens is 242 g/mol. The van der Waals surface area contributed by atoms with Gasteiger partial charge in [0.25, 0.3) is 5.91 Å². The summed E-state index contributed by atoms with van der Waals surface area (Å²) in [4.78, 5) is 27.5. The zero-order valence-corrected chi connectivity index (χ0v) is 9.67. The highest BCUT2D eigenvalue weighted by atomic mass is 35.5. The number of pyridine rings is 1. The molecule has 3 rings (SSSR count). The van der Waals surface area contributed by atoms with Crippen LogP contribution in [0.4, 0.5) is 4.79 Å². The first-order chi connectivity index (χ1) is 8.12. The molecule has 0 unspecified atom stereocenters. The maximum atomic E-state index is 12.0. The van der Waals surface area contributed by atoms with Crippen LogP contribution in [0.1, 0.15) is 24.1 Å². The summed E-state index contributed by atoms with van der Waals surface area (Å²) in [7, 11) is 0. The Morgan fingerprint density at radius 3 is 2.94 bits per heavy atom. The Morgan fingerprint density at radius 2 is 2.24 bits per heavy atom. The summed E-state index contributed by atoms with van der Waals surface area (Å²) in [5.74, 6) is -0.312. The van der Waals surface area contributed by atoms with Crippen LogP contribution in [0.5, 0.6) is 0 Å². The lowest BCUT2D eigenvalue weighted by Gasteiger charge is -2.32. The molecule has 5 nitrogen and oxygen atoms in total. The summed E-state index contributed by atoms with van der Waals surface area (Å²) in [5.41, 5.74) is 0.584. The minimum absolute atomic E-state index is 0.312. The summed E-state index contributed by atoms with van der Waals surface area (Å²) < 4.78 is 0. The Hall–Kier alpha value is -1.62. The van der Waals surface area contributed by atoms with Gasteiger partial charge in [0.1, 0.15) is 5.54 Å². The fourth-order valence-electron chi connectivity index (χ4n) is 2.55. The van der Waals surface area contributed by atoms with Gasteiger partial charge in [-0.1, -0.05) is 11.6 Å². The molecule has 1 aliphatic carbocycles.